The molecule has 2 amide bonds. The third kappa shape index (κ3) is 5.48. The van der Waals surface area contributed by atoms with Crippen molar-refractivity contribution in [2.24, 2.45) is 0 Å². The number of hydrogen-bond donors (Lipinski definition) is 0. The summed E-state index contributed by atoms with van der Waals surface area (Å²) in [5.41, 5.74) is 1.43. The van der Waals surface area contributed by atoms with E-state index in [0.29, 0.717) is 31.8 Å². The Morgan fingerprint density at radius 2 is 1.90 bits per heavy atom. The average Bonchev–Trinajstić information content (AvgIpc) is 2.92. The van der Waals surface area contributed by atoms with Crippen molar-refractivity contribution in [3.05, 3.63) is 67.2 Å². The molecule has 9 heteroatoms. The highest BCUT2D eigenvalue weighted by molar-refractivity contribution is 9.11. The first-order valence-corrected chi connectivity index (χ1v) is 10.9. The summed E-state index contributed by atoms with van der Waals surface area (Å²) in [7, 11) is 1.52. The van der Waals surface area contributed by atoms with E-state index in [4.69, 9.17) is 9.47 Å². The van der Waals surface area contributed by atoms with Gasteiger partial charge in [-0.15, -0.1) is 0 Å². The zero-order valence-corrected chi connectivity index (χ0v) is 19.3. The van der Waals surface area contributed by atoms with E-state index >= 15 is 0 Å². The number of carbonyl (C=O) groups excluding carboxylic acids is 2. The normalized spacial score (nSPS) is 15.4. The molecule has 5 nitrogen and oxygen atoms in total. The first kappa shape index (κ1) is 22.0. The number of imide groups is 1. The zero-order valence-electron chi connectivity index (χ0n) is 15.3. The molecule has 2 aromatic carbocycles. The Labute approximate surface area is 188 Å². The van der Waals surface area contributed by atoms with E-state index in [2.05, 4.69) is 31.9 Å². The van der Waals surface area contributed by atoms with Crippen LogP contribution in [0.15, 0.2) is 50.2 Å². The molecule has 1 aliphatic rings. The number of carbonyl (C=O) groups is 2. The van der Waals surface area contributed by atoms with Gasteiger partial charge in [0.25, 0.3) is 11.1 Å². The number of amides is 2. The van der Waals surface area contributed by atoms with Crippen LogP contribution in [0.3, 0.4) is 0 Å². The molecule has 0 radical (unpaired) electrons. The second-order valence-electron chi connectivity index (χ2n) is 6.06. The zero-order chi connectivity index (χ0) is 21.0. The van der Waals surface area contributed by atoms with Crippen molar-refractivity contribution in [3.63, 3.8) is 0 Å². The van der Waals surface area contributed by atoms with Gasteiger partial charge in [0.05, 0.1) is 27.0 Å². The quantitative estimate of drug-likeness (QED) is 0.424. The minimum atomic E-state index is -0.337. The molecule has 3 rings (SSSR count). The number of benzene rings is 2. The van der Waals surface area contributed by atoms with Crippen LogP contribution in [0.4, 0.5) is 9.18 Å². The number of nitrogens with zero attached hydrogens (tertiary/aromatic N) is 1. The molecular weight excluding hydrogens is 529 g/mol. The summed E-state index contributed by atoms with van der Waals surface area (Å²) in [6.07, 6.45) is 1.66. The summed E-state index contributed by atoms with van der Waals surface area (Å²) in [5, 5.41) is -0.313. The van der Waals surface area contributed by atoms with Gasteiger partial charge < -0.3 is 9.47 Å². The Morgan fingerprint density at radius 1 is 1.17 bits per heavy atom. The number of ether oxygens (including phenoxy) is 2. The predicted octanol–water partition coefficient (Wildman–Crippen LogP) is 5.61. The van der Waals surface area contributed by atoms with Gasteiger partial charge in [0.2, 0.25) is 0 Å². The second kappa shape index (κ2) is 9.88. The summed E-state index contributed by atoms with van der Waals surface area (Å²) in [4.78, 5) is 26.0. The first-order chi connectivity index (χ1) is 13.9. The van der Waals surface area contributed by atoms with Crippen LogP contribution in [-0.2, 0) is 16.1 Å². The van der Waals surface area contributed by atoms with Gasteiger partial charge in [-0.05, 0) is 85.1 Å². The summed E-state index contributed by atoms with van der Waals surface area (Å²) in [6.45, 7) is 0.714. The lowest BCUT2D eigenvalue weighted by molar-refractivity contribution is -0.123. The van der Waals surface area contributed by atoms with Gasteiger partial charge in [-0.2, -0.15) is 0 Å². The molecule has 0 aromatic heterocycles. The van der Waals surface area contributed by atoms with E-state index in [-0.39, 0.29) is 30.1 Å². The van der Waals surface area contributed by atoms with Crippen LogP contribution in [0.5, 0.6) is 5.75 Å². The highest BCUT2D eigenvalue weighted by Gasteiger charge is 2.34. The van der Waals surface area contributed by atoms with Crippen LogP contribution in [0.25, 0.3) is 6.08 Å². The minimum Gasteiger partial charge on any atom is -0.487 e. The van der Waals surface area contributed by atoms with Gasteiger partial charge in [0, 0.05) is 7.11 Å². The molecule has 0 saturated carbocycles. The highest BCUT2D eigenvalue weighted by atomic mass is 79.9. The third-order valence-corrected chi connectivity index (χ3v) is 6.07. The van der Waals surface area contributed by atoms with Gasteiger partial charge in [0.15, 0.2) is 0 Å². The molecule has 1 fully saturated rings. The molecule has 0 spiro atoms. The van der Waals surface area contributed by atoms with Crippen LogP contribution >= 0.6 is 43.6 Å². The molecule has 0 atom stereocenters. The summed E-state index contributed by atoms with van der Waals surface area (Å²) < 4.78 is 25.4. The van der Waals surface area contributed by atoms with Crippen LogP contribution in [0.2, 0.25) is 0 Å². The van der Waals surface area contributed by atoms with E-state index < -0.39 is 0 Å². The topological polar surface area (TPSA) is 55.8 Å². The standard InChI is InChI=1S/C20H16Br2FNO4S/c1-27-6-5-24-19(25)17(29-20(24)26)10-13-8-15(21)18(16(22)9-13)28-11-12-3-2-4-14(23)7-12/h2-4,7-10H,5-6,11H2,1H3/b17-10+. The van der Waals surface area contributed by atoms with E-state index in [1.807, 2.05) is 0 Å². The number of methoxy groups -OCH3 is 1. The Balaban J connectivity index is 1.76. The maximum absolute atomic E-state index is 13.3. The summed E-state index contributed by atoms with van der Waals surface area (Å²) in [5.74, 6) is -0.102. The van der Waals surface area contributed by atoms with Crippen molar-refractivity contribution in [1.29, 1.82) is 0 Å². The number of hydrogen-bond acceptors (Lipinski definition) is 5. The Hall–Kier alpha value is -1.68. The van der Waals surface area contributed by atoms with Crippen molar-refractivity contribution >= 4 is 60.8 Å². The molecule has 29 heavy (non-hydrogen) atoms. The number of rotatable bonds is 7. The molecule has 0 aliphatic carbocycles. The maximum Gasteiger partial charge on any atom is 0.293 e. The van der Waals surface area contributed by atoms with E-state index in [0.717, 1.165) is 17.3 Å². The molecule has 152 valence electrons. The van der Waals surface area contributed by atoms with Gasteiger partial charge in [-0.25, -0.2) is 4.39 Å². The van der Waals surface area contributed by atoms with Gasteiger partial charge in [-0.1, -0.05) is 12.1 Å². The fourth-order valence-electron chi connectivity index (χ4n) is 2.61. The maximum atomic E-state index is 13.3. The summed E-state index contributed by atoms with van der Waals surface area (Å²) in [6, 6.07) is 9.76. The summed E-state index contributed by atoms with van der Waals surface area (Å²) >= 11 is 7.83. The van der Waals surface area contributed by atoms with Crippen LogP contribution in [0, 0.1) is 5.82 Å². The second-order valence-corrected chi connectivity index (χ2v) is 8.76. The Bertz CT molecular complexity index is 960. The van der Waals surface area contributed by atoms with Crippen molar-refractivity contribution in [1.82, 2.24) is 4.90 Å². The molecule has 1 heterocycles. The largest absolute Gasteiger partial charge is 0.487 e. The fourth-order valence-corrected chi connectivity index (χ4v) is 4.93. The van der Waals surface area contributed by atoms with Crippen molar-refractivity contribution in [2.45, 2.75) is 6.61 Å². The Kier molecular flexibility index (Phi) is 7.50. The average molecular weight is 545 g/mol. The predicted molar refractivity (Wildman–Crippen MR) is 117 cm³/mol. The Morgan fingerprint density at radius 3 is 2.55 bits per heavy atom. The molecule has 0 bridgehead atoms. The lowest BCUT2D eigenvalue weighted by Gasteiger charge is -2.12. The van der Waals surface area contributed by atoms with E-state index in [9.17, 15) is 14.0 Å². The molecule has 1 aliphatic heterocycles. The lowest BCUT2D eigenvalue weighted by Crippen LogP contribution is -2.31. The molecule has 0 unspecified atom stereocenters. The highest BCUT2D eigenvalue weighted by Crippen LogP contribution is 2.38. The number of thioether (sulfide) groups is 1. The van der Waals surface area contributed by atoms with E-state index in [1.165, 1.54) is 24.1 Å². The lowest BCUT2D eigenvalue weighted by atomic mass is 10.2. The van der Waals surface area contributed by atoms with Gasteiger partial charge in [-0.3, -0.25) is 14.5 Å². The first-order valence-electron chi connectivity index (χ1n) is 8.49. The fraction of sp³-hybridized carbons (Fsp3) is 0.200. The van der Waals surface area contributed by atoms with Gasteiger partial charge in [0.1, 0.15) is 18.2 Å². The third-order valence-electron chi connectivity index (χ3n) is 3.98. The molecule has 2 aromatic rings. The van der Waals surface area contributed by atoms with Crippen LogP contribution in [-0.4, -0.2) is 36.3 Å². The smallest absolute Gasteiger partial charge is 0.293 e. The van der Waals surface area contributed by atoms with E-state index in [1.54, 1.807) is 30.3 Å². The van der Waals surface area contributed by atoms with Crippen molar-refractivity contribution in [2.75, 3.05) is 20.3 Å². The van der Waals surface area contributed by atoms with Crippen LogP contribution < -0.4 is 4.74 Å². The molecular formula is C20H16Br2FNO4S. The number of halogens is 3. The monoisotopic (exact) mass is 543 g/mol. The molecule has 1 saturated heterocycles. The SMILES string of the molecule is COCCN1C(=O)S/C(=C/c2cc(Br)c(OCc3cccc(F)c3)c(Br)c2)C1=O. The molecule has 0 N–H and O–H groups in total. The van der Waals surface area contributed by atoms with Crippen molar-refractivity contribution < 1.29 is 23.5 Å². The van der Waals surface area contributed by atoms with Gasteiger partial charge >= 0.3 is 0 Å². The van der Waals surface area contributed by atoms with Crippen LogP contribution in [0.1, 0.15) is 11.1 Å². The van der Waals surface area contributed by atoms with Crippen molar-refractivity contribution in [3.8, 4) is 5.75 Å². The minimum absolute atomic E-state index is 0.201.